The van der Waals surface area contributed by atoms with E-state index >= 15 is 0 Å². The molecule has 1 amide bonds. The largest absolute Gasteiger partial charge is 0.317 e. The lowest BCUT2D eigenvalue weighted by Gasteiger charge is -2.09. The first-order chi connectivity index (χ1) is 13.1. The van der Waals surface area contributed by atoms with Crippen LogP contribution in [0.2, 0.25) is 0 Å². The molecule has 1 N–H and O–H groups in total. The Morgan fingerprint density at radius 2 is 1.85 bits per heavy atom. The summed E-state index contributed by atoms with van der Waals surface area (Å²) >= 11 is 1.27. The number of thioether (sulfide) groups is 1. The van der Waals surface area contributed by atoms with Crippen molar-refractivity contribution in [3.8, 4) is 5.69 Å². The summed E-state index contributed by atoms with van der Waals surface area (Å²) in [5.41, 5.74) is 3.71. The zero-order chi connectivity index (χ0) is 18.8. The van der Waals surface area contributed by atoms with Crippen LogP contribution in [0, 0.1) is 12.7 Å². The van der Waals surface area contributed by atoms with Crippen LogP contribution in [0.5, 0.6) is 0 Å². The van der Waals surface area contributed by atoms with Gasteiger partial charge >= 0.3 is 0 Å². The standard InChI is InChI=1S/C21H16FN3OS/c1-14-5-2-3-7-18(14)25-12-4-6-17(25)13-19-20(26)24-21(27-19)23-16-10-8-15(22)9-11-16/h2-13H,1H3,(H,23,24,26)/b19-13+. The van der Waals surface area contributed by atoms with Gasteiger partial charge in [0.15, 0.2) is 5.17 Å². The van der Waals surface area contributed by atoms with Gasteiger partial charge in [-0.1, -0.05) is 18.2 Å². The summed E-state index contributed by atoms with van der Waals surface area (Å²) in [6, 6.07) is 17.8. The third-order valence-corrected chi connectivity index (χ3v) is 5.05. The number of aryl methyl sites for hydroxylation is 1. The van der Waals surface area contributed by atoms with Crippen LogP contribution in [-0.4, -0.2) is 15.6 Å². The predicted octanol–water partition coefficient (Wildman–Crippen LogP) is 4.82. The smallest absolute Gasteiger partial charge is 0.264 e. The van der Waals surface area contributed by atoms with Gasteiger partial charge in [0.1, 0.15) is 5.82 Å². The average Bonchev–Trinajstić information content (AvgIpc) is 3.24. The number of aromatic nitrogens is 1. The molecule has 4 nitrogen and oxygen atoms in total. The van der Waals surface area contributed by atoms with Gasteiger partial charge in [-0.2, -0.15) is 0 Å². The van der Waals surface area contributed by atoms with E-state index in [4.69, 9.17) is 0 Å². The molecule has 0 radical (unpaired) electrons. The van der Waals surface area contributed by atoms with Crippen LogP contribution in [-0.2, 0) is 4.79 Å². The first-order valence-electron chi connectivity index (χ1n) is 8.39. The van der Waals surface area contributed by atoms with Crippen molar-refractivity contribution in [1.82, 2.24) is 9.88 Å². The van der Waals surface area contributed by atoms with Gasteiger partial charge in [-0.05, 0) is 72.8 Å². The minimum Gasteiger partial charge on any atom is -0.317 e. The molecule has 2 aromatic carbocycles. The van der Waals surface area contributed by atoms with E-state index in [2.05, 4.69) is 23.3 Å². The van der Waals surface area contributed by atoms with E-state index in [1.165, 1.54) is 23.9 Å². The molecule has 4 rings (SSSR count). The van der Waals surface area contributed by atoms with Crippen molar-refractivity contribution in [2.24, 2.45) is 4.99 Å². The fourth-order valence-electron chi connectivity index (χ4n) is 2.81. The second-order valence-corrected chi connectivity index (χ2v) is 7.08. The normalized spacial score (nSPS) is 16.9. The molecule has 0 aliphatic carbocycles. The molecule has 1 aromatic heterocycles. The maximum Gasteiger partial charge on any atom is 0.264 e. The first-order valence-corrected chi connectivity index (χ1v) is 9.20. The lowest BCUT2D eigenvalue weighted by atomic mass is 10.2. The highest BCUT2D eigenvalue weighted by molar-refractivity contribution is 8.18. The molecule has 0 bridgehead atoms. The summed E-state index contributed by atoms with van der Waals surface area (Å²) in [5, 5.41) is 3.23. The highest BCUT2D eigenvalue weighted by atomic mass is 32.2. The molecule has 1 aliphatic heterocycles. The predicted molar refractivity (Wildman–Crippen MR) is 108 cm³/mol. The van der Waals surface area contributed by atoms with Gasteiger partial charge in [0.2, 0.25) is 0 Å². The molecule has 27 heavy (non-hydrogen) atoms. The quantitative estimate of drug-likeness (QED) is 0.666. The van der Waals surface area contributed by atoms with Gasteiger partial charge < -0.3 is 9.88 Å². The Bertz CT molecular complexity index is 1070. The summed E-state index contributed by atoms with van der Waals surface area (Å²) in [4.78, 5) is 17.2. The lowest BCUT2D eigenvalue weighted by molar-refractivity contribution is -0.115. The van der Waals surface area contributed by atoms with Crippen molar-refractivity contribution in [2.45, 2.75) is 6.92 Å². The van der Waals surface area contributed by atoms with Crippen LogP contribution in [0.25, 0.3) is 11.8 Å². The van der Waals surface area contributed by atoms with E-state index in [1.54, 1.807) is 12.1 Å². The molecule has 6 heteroatoms. The van der Waals surface area contributed by atoms with Crippen molar-refractivity contribution >= 4 is 34.6 Å². The van der Waals surface area contributed by atoms with Crippen molar-refractivity contribution < 1.29 is 9.18 Å². The zero-order valence-corrected chi connectivity index (χ0v) is 15.3. The molecule has 0 spiro atoms. The molecule has 0 saturated carbocycles. The number of amidine groups is 1. The highest BCUT2D eigenvalue weighted by Gasteiger charge is 2.24. The Hall–Kier alpha value is -3.12. The summed E-state index contributed by atoms with van der Waals surface area (Å²) in [6.45, 7) is 2.05. The van der Waals surface area contributed by atoms with Crippen molar-refractivity contribution in [3.63, 3.8) is 0 Å². The van der Waals surface area contributed by atoms with Crippen LogP contribution in [0.4, 0.5) is 10.1 Å². The van der Waals surface area contributed by atoms with Gasteiger partial charge in [-0.3, -0.25) is 4.79 Å². The summed E-state index contributed by atoms with van der Waals surface area (Å²) in [7, 11) is 0. The Morgan fingerprint density at radius 1 is 1.07 bits per heavy atom. The first kappa shape index (κ1) is 17.3. The summed E-state index contributed by atoms with van der Waals surface area (Å²) in [5.74, 6) is -0.516. The Balaban J connectivity index is 1.62. The minimum atomic E-state index is -0.320. The Morgan fingerprint density at radius 3 is 2.63 bits per heavy atom. The van der Waals surface area contributed by atoms with E-state index in [-0.39, 0.29) is 11.7 Å². The van der Waals surface area contributed by atoms with Gasteiger partial charge in [0, 0.05) is 17.6 Å². The molecule has 2 heterocycles. The Labute approximate surface area is 160 Å². The number of halogens is 1. The van der Waals surface area contributed by atoms with Gasteiger partial charge in [-0.15, -0.1) is 0 Å². The number of hydrogen-bond donors (Lipinski definition) is 1. The number of benzene rings is 2. The second kappa shape index (κ2) is 7.25. The lowest BCUT2D eigenvalue weighted by Crippen LogP contribution is -2.19. The molecule has 1 fully saturated rings. The number of hydrogen-bond acceptors (Lipinski definition) is 3. The zero-order valence-electron chi connectivity index (χ0n) is 14.5. The minimum absolute atomic E-state index is 0.196. The third-order valence-electron chi connectivity index (χ3n) is 4.14. The van der Waals surface area contributed by atoms with Gasteiger partial charge in [0.25, 0.3) is 5.91 Å². The van der Waals surface area contributed by atoms with E-state index < -0.39 is 0 Å². The molecule has 1 aliphatic rings. The number of aliphatic imine (C=N–C) groups is 1. The van der Waals surface area contributed by atoms with Crippen LogP contribution in [0.3, 0.4) is 0 Å². The van der Waals surface area contributed by atoms with Crippen molar-refractivity contribution in [2.75, 3.05) is 0 Å². The average molecular weight is 377 g/mol. The maximum atomic E-state index is 13.0. The Kier molecular flexibility index (Phi) is 4.64. The fraction of sp³-hybridized carbons (Fsp3) is 0.0476. The van der Waals surface area contributed by atoms with E-state index in [0.29, 0.717) is 15.8 Å². The number of carbonyl (C=O) groups excluding carboxylic acids is 1. The van der Waals surface area contributed by atoms with E-state index in [0.717, 1.165) is 16.9 Å². The van der Waals surface area contributed by atoms with Crippen LogP contribution in [0.1, 0.15) is 11.3 Å². The maximum absolute atomic E-state index is 13.0. The molecule has 0 atom stereocenters. The van der Waals surface area contributed by atoms with Crippen LogP contribution < -0.4 is 5.32 Å². The van der Waals surface area contributed by atoms with Gasteiger partial charge in [0.05, 0.1) is 10.6 Å². The molecular formula is C21H16FN3OS. The summed E-state index contributed by atoms with van der Waals surface area (Å²) < 4.78 is 15.1. The fourth-order valence-corrected chi connectivity index (χ4v) is 3.64. The molecule has 1 saturated heterocycles. The van der Waals surface area contributed by atoms with Crippen molar-refractivity contribution in [3.05, 3.63) is 88.8 Å². The topological polar surface area (TPSA) is 46.4 Å². The SMILES string of the molecule is Cc1ccccc1-n1cccc1/C=C1/SC(=Nc2ccc(F)cc2)NC1=O. The number of carbonyl (C=O) groups is 1. The number of nitrogens with one attached hydrogen (secondary N) is 1. The molecule has 134 valence electrons. The summed E-state index contributed by atoms with van der Waals surface area (Å²) in [6.07, 6.45) is 3.82. The van der Waals surface area contributed by atoms with Crippen LogP contribution >= 0.6 is 11.8 Å². The monoisotopic (exact) mass is 377 g/mol. The molecular weight excluding hydrogens is 361 g/mol. The van der Waals surface area contributed by atoms with E-state index in [9.17, 15) is 9.18 Å². The number of rotatable bonds is 3. The third kappa shape index (κ3) is 3.71. The van der Waals surface area contributed by atoms with E-state index in [1.807, 2.05) is 47.2 Å². The molecule has 3 aromatic rings. The van der Waals surface area contributed by atoms with Crippen LogP contribution in [0.15, 0.2) is 76.8 Å². The number of nitrogens with zero attached hydrogens (tertiary/aromatic N) is 2. The van der Waals surface area contributed by atoms with Crippen molar-refractivity contribution in [1.29, 1.82) is 0 Å². The van der Waals surface area contributed by atoms with Gasteiger partial charge in [-0.25, -0.2) is 9.38 Å². The number of para-hydroxylation sites is 1. The highest BCUT2D eigenvalue weighted by Crippen LogP contribution is 2.29. The molecule has 0 unspecified atom stereocenters. The second-order valence-electron chi connectivity index (χ2n) is 6.05. The number of amides is 1.